The van der Waals surface area contributed by atoms with Gasteiger partial charge in [0.05, 0.1) is 27.0 Å². The maximum absolute atomic E-state index is 12.9. The fourth-order valence-electron chi connectivity index (χ4n) is 4.45. The molecule has 2 atom stereocenters. The monoisotopic (exact) mass is 577 g/mol. The van der Waals surface area contributed by atoms with Gasteiger partial charge in [-0.05, 0) is 54.7 Å². The third-order valence-electron chi connectivity index (χ3n) is 6.82. The Morgan fingerprint density at radius 3 is 2.35 bits per heavy atom. The minimum Gasteiger partial charge on any atom is -0.507 e. The van der Waals surface area contributed by atoms with Crippen molar-refractivity contribution in [3.8, 4) is 28.1 Å². The Morgan fingerprint density at radius 2 is 1.70 bits per heavy atom. The number of halogens is 2. The van der Waals surface area contributed by atoms with Crippen LogP contribution in [0, 0.1) is 11.8 Å². The maximum atomic E-state index is 12.9. The molecule has 0 aliphatic heterocycles. The number of pyridine rings is 1. The van der Waals surface area contributed by atoms with Crippen molar-refractivity contribution >= 4 is 46.4 Å². The standard InChI is InChI=1S/C29H25Cl2N5O4/c1-3-36-28(39)24(33-29(40)34-26-21(30)13-32-14-22(26)31)12-23(35-36)18-6-4-5-16(10-18)17-7-8-19(25(37)11-17)27(38)20-9-15(20)2/h4-8,10-15,20,37H,3,9H2,1-2H3,(H2,32,33,34,40). The minimum atomic E-state index is -0.716. The summed E-state index contributed by atoms with van der Waals surface area (Å²) in [6.45, 7) is 4.06. The number of nitrogens with one attached hydrogen (secondary N) is 2. The van der Waals surface area contributed by atoms with Crippen LogP contribution in [0.15, 0.2) is 65.7 Å². The Balaban J connectivity index is 1.43. The molecule has 0 bridgehead atoms. The number of aromatic nitrogens is 3. The van der Waals surface area contributed by atoms with Gasteiger partial charge in [-0.1, -0.05) is 54.4 Å². The highest BCUT2D eigenvalue weighted by atomic mass is 35.5. The number of amides is 2. The van der Waals surface area contributed by atoms with Gasteiger partial charge in [0.15, 0.2) is 5.78 Å². The Labute approximate surface area is 239 Å². The van der Waals surface area contributed by atoms with Crippen molar-refractivity contribution in [3.05, 3.63) is 86.9 Å². The molecule has 40 heavy (non-hydrogen) atoms. The summed E-state index contributed by atoms with van der Waals surface area (Å²) >= 11 is 12.2. The first-order chi connectivity index (χ1) is 19.2. The number of aryl methyl sites for hydroxylation is 1. The molecule has 0 spiro atoms. The molecule has 3 N–H and O–H groups in total. The highest BCUT2D eigenvalue weighted by Gasteiger charge is 2.40. The first kappa shape index (κ1) is 27.4. The normalized spacial score (nSPS) is 15.9. The zero-order valence-corrected chi connectivity index (χ0v) is 23.1. The van der Waals surface area contributed by atoms with E-state index in [-0.39, 0.29) is 45.4 Å². The summed E-state index contributed by atoms with van der Waals surface area (Å²) in [6, 6.07) is 13.2. The quantitative estimate of drug-likeness (QED) is 0.215. The van der Waals surface area contributed by atoms with Crippen LogP contribution in [0.3, 0.4) is 0 Å². The molecule has 11 heteroatoms. The van der Waals surface area contributed by atoms with Gasteiger partial charge in [0.1, 0.15) is 11.4 Å². The Hall–Kier alpha value is -4.21. The first-order valence-corrected chi connectivity index (χ1v) is 13.4. The largest absolute Gasteiger partial charge is 0.507 e. The number of phenolic OH excluding ortho intramolecular Hbond substituents is 1. The number of Topliss-reactive ketones (excluding diaryl/α,β-unsaturated/α-hetero) is 1. The molecule has 1 aliphatic carbocycles. The van der Waals surface area contributed by atoms with Crippen LogP contribution in [0.4, 0.5) is 16.2 Å². The molecule has 0 radical (unpaired) electrons. The molecule has 9 nitrogen and oxygen atoms in total. The van der Waals surface area contributed by atoms with Crippen molar-refractivity contribution < 1.29 is 14.7 Å². The van der Waals surface area contributed by atoms with Gasteiger partial charge in [0, 0.05) is 30.4 Å². The summed E-state index contributed by atoms with van der Waals surface area (Å²) in [5, 5.41) is 20.4. The fourth-order valence-corrected chi connectivity index (χ4v) is 4.91. The molecule has 1 saturated carbocycles. The fraction of sp³-hybridized carbons (Fsp3) is 0.207. The number of aromatic hydroxyl groups is 1. The maximum Gasteiger partial charge on any atom is 0.323 e. The van der Waals surface area contributed by atoms with E-state index < -0.39 is 11.6 Å². The SMILES string of the molecule is CCn1nc(-c2cccc(-c3ccc(C(=O)C4CC4C)c(O)c3)c2)cc(NC(=O)Nc2c(Cl)cncc2Cl)c1=O. The molecular formula is C29H25Cl2N5O4. The van der Waals surface area contributed by atoms with Gasteiger partial charge in [-0.15, -0.1) is 0 Å². The number of carbonyl (C=O) groups excluding carboxylic acids is 2. The van der Waals surface area contributed by atoms with Crippen LogP contribution in [-0.2, 0) is 6.54 Å². The molecule has 2 amide bonds. The van der Waals surface area contributed by atoms with Gasteiger partial charge in [0.25, 0.3) is 5.56 Å². The number of nitrogens with zero attached hydrogens (tertiary/aromatic N) is 3. The zero-order chi connectivity index (χ0) is 28.6. The van der Waals surface area contributed by atoms with E-state index in [1.54, 1.807) is 25.1 Å². The average molecular weight is 578 g/mol. The third-order valence-corrected chi connectivity index (χ3v) is 7.39. The van der Waals surface area contributed by atoms with Crippen molar-refractivity contribution in [2.24, 2.45) is 11.8 Å². The Kier molecular flexibility index (Phi) is 7.60. The second-order valence-electron chi connectivity index (χ2n) is 9.62. The van der Waals surface area contributed by atoms with E-state index in [1.165, 1.54) is 23.1 Å². The molecule has 2 aromatic carbocycles. The molecule has 2 unspecified atom stereocenters. The molecule has 1 aliphatic rings. The smallest absolute Gasteiger partial charge is 0.323 e. The van der Waals surface area contributed by atoms with Crippen molar-refractivity contribution in [3.63, 3.8) is 0 Å². The van der Waals surface area contributed by atoms with E-state index in [2.05, 4.69) is 20.7 Å². The summed E-state index contributed by atoms with van der Waals surface area (Å²) < 4.78 is 1.25. The summed E-state index contributed by atoms with van der Waals surface area (Å²) in [5.41, 5.74) is 2.62. The van der Waals surface area contributed by atoms with Gasteiger partial charge in [0.2, 0.25) is 0 Å². The summed E-state index contributed by atoms with van der Waals surface area (Å²) in [6.07, 6.45) is 3.52. The molecule has 4 aromatic rings. The van der Waals surface area contributed by atoms with Gasteiger partial charge < -0.3 is 15.7 Å². The molecule has 2 heterocycles. The number of ketones is 1. The zero-order valence-electron chi connectivity index (χ0n) is 21.6. The predicted octanol–water partition coefficient (Wildman–Crippen LogP) is 6.49. The number of rotatable bonds is 7. The van der Waals surface area contributed by atoms with Gasteiger partial charge in [-0.3, -0.25) is 14.6 Å². The topological polar surface area (TPSA) is 126 Å². The van der Waals surface area contributed by atoms with E-state index in [0.29, 0.717) is 28.3 Å². The first-order valence-electron chi connectivity index (χ1n) is 12.6. The Morgan fingerprint density at radius 1 is 1.02 bits per heavy atom. The number of benzene rings is 2. The molecule has 5 rings (SSSR count). The van der Waals surface area contributed by atoms with Crippen LogP contribution >= 0.6 is 23.2 Å². The lowest BCUT2D eigenvalue weighted by Crippen LogP contribution is -2.29. The van der Waals surface area contributed by atoms with E-state index in [1.807, 2.05) is 31.2 Å². The lowest BCUT2D eigenvalue weighted by Gasteiger charge is -2.13. The highest BCUT2D eigenvalue weighted by molar-refractivity contribution is 6.39. The molecule has 204 valence electrons. The van der Waals surface area contributed by atoms with Crippen LogP contribution in [-0.4, -0.2) is 31.7 Å². The molecular weight excluding hydrogens is 553 g/mol. The van der Waals surface area contributed by atoms with Crippen LogP contribution in [0.25, 0.3) is 22.4 Å². The van der Waals surface area contributed by atoms with Crippen molar-refractivity contribution in [1.29, 1.82) is 0 Å². The van der Waals surface area contributed by atoms with Crippen LogP contribution in [0.2, 0.25) is 10.0 Å². The van der Waals surface area contributed by atoms with Gasteiger partial charge >= 0.3 is 6.03 Å². The number of urea groups is 1. The average Bonchev–Trinajstić information content (AvgIpc) is 3.68. The lowest BCUT2D eigenvalue weighted by atomic mass is 9.97. The Bertz CT molecular complexity index is 1680. The van der Waals surface area contributed by atoms with E-state index in [0.717, 1.165) is 12.0 Å². The lowest BCUT2D eigenvalue weighted by molar-refractivity contribution is 0.0959. The number of hydrogen-bond donors (Lipinski definition) is 3. The molecule has 2 aromatic heterocycles. The van der Waals surface area contributed by atoms with Crippen LogP contribution in [0.5, 0.6) is 5.75 Å². The van der Waals surface area contributed by atoms with Crippen molar-refractivity contribution in [1.82, 2.24) is 14.8 Å². The number of anilines is 2. The second kappa shape index (κ2) is 11.1. The van der Waals surface area contributed by atoms with E-state index in [9.17, 15) is 19.5 Å². The van der Waals surface area contributed by atoms with Gasteiger partial charge in [-0.25, -0.2) is 9.48 Å². The minimum absolute atomic E-state index is 0.00543. The third kappa shape index (κ3) is 5.57. The summed E-state index contributed by atoms with van der Waals surface area (Å²) in [5.74, 6) is 0.230. The van der Waals surface area contributed by atoms with Crippen molar-refractivity contribution in [2.45, 2.75) is 26.8 Å². The highest BCUT2D eigenvalue weighted by Crippen LogP contribution is 2.42. The number of carbonyl (C=O) groups is 2. The van der Waals surface area contributed by atoms with E-state index in [4.69, 9.17) is 23.2 Å². The molecule has 1 fully saturated rings. The number of hydrogen-bond acceptors (Lipinski definition) is 6. The molecule has 0 saturated heterocycles. The van der Waals surface area contributed by atoms with Crippen LogP contribution < -0.4 is 16.2 Å². The second-order valence-corrected chi connectivity index (χ2v) is 10.4. The van der Waals surface area contributed by atoms with Crippen LogP contribution in [0.1, 0.15) is 30.6 Å². The summed E-state index contributed by atoms with van der Waals surface area (Å²) in [4.78, 5) is 42.1. The van der Waals surface area contributed by atoms with Crippen molar-refractivity contribution in [2.75, 3.05) is 10.6 Å². The number of phenols is 1. The summed E-state index contributed by atoms with van der Waals surface area (Å²) in [7, 11) is 0. The van der Waals surface area contributed by atoms with Gasteiger partial charge in [-0.2, -0.15) is 5.10 Å². The predicted molar refractivity (Wildman–Crippen MR) is 155 cm³/mol. The van der Waals surface area contributed by atoms with E-state index >= 15 is 0 Å².